The van der Waals surface area contributed by atoms with E-state index in [1.807, 2.05) is 26.1 Å². The number of hydrogen-bond acceptors (Lipinski definition) is 2. The number of phenols is 1. The lowest BCUT2D eigenvalue weighted by molar-refractivity contribution is -0.131. The van der Waals surface area contributed by atoms with Crippen LogP contribution in [0.5, 0.6) is 5.75 Å². The molecule has 0 aliphatic heterocycles. The number of phenolic OH excluding ortho intramolecular Hbond substituents is 1. The number of hydrogen-bond donors (Lipinski definition) is 1. The van der Waals surface area contributed by atoms with Crippen molar-refractivity contribution in [3.05, 3.63) is 29.8 Å². The lowest BCUT2D eigenvalue weighted by Gasteiger charge is -2.25. The van der Waals surface area contributed by atoms with Crippen LogP contribution in [0.2, 0.25) is 0 Å². The highest BCUT2D eigenvalue weighted by atomic mass is 16.3. The number of unbranched alkanes of at least 4 members (excludes halogenated alkanes) is 5. The van der Waals surface area contributed by atoms with Crippen LogP contribution in [0.1, 0.15) is 70.4 Å². The van der Waals surface area contributed by atoms with E-state index in [2.05, 4.69) is 6.92 Å². The Morgan fingerprint density at radius 2 is 1.67 bits per heavy atom. The van der Waals surface area contributed by atoms with Gasteiger partial charge in [-0.1, -0.05) is 51.2 Å². The third kappa shape index (κ3) is 6.19. The summed E-state index contributed by atoms with van der Waals surface area (Å²) in [6, 6.07) is 7.11. The number of benzene rings is 1. The smallest absolute Gasteiger partial charge is 0.222 e. The predicted octanol–water partition coefficient (Wildman–Crippen LogP) is 4.66. The van der Waals surface area contributed by atoms with Gasteiger partial charge in [0, 0.05) is 13.5 Å². The molecule has 21 heavy (non-hydrogen) atoms. The molecule has 1 atom stereocenters. The van der Waals surface area contributed by atoms with Crippen LogP contribution in [-0.4, -0.2) is 23.0 Å². The molecule has 0 saturated heterocycles. The fourth-order valence-electron chi connectivity index (χ4n) is 2.43. The van der Waals surface area contributed by atoms with E-state index in [0.29, 0.717) is 6.42 Å². The van der Waals surface area contributed by atoms with Crippen LogP contribution in [0.15, 0.2) is 24.3 Å². The van der Waals surface area contributed by atoms with E-state index in [1.54, 1.807) is 17.0 Å². The van der Waals surface area contributed by atoms with Crippen molar-refractivity contribution in [1.29, 1.82) is 0 Å². The van der Waals surface area contributed by atoms with Gasteiger partial charge in [0.1, 0.15) is 5.75 Å². The minimum absolute atomic E-state index is 0.0400. The first kappa shape index (κ1) is 17.5. The summed E-state index contributed by atoms with van der Waals surface area (Å²) in [4.78, 5) is 14.0. The summed E-state index contributed by atoms with van der Waals surface area (Å²) in [6.07, 6.45) is 7.83. The predicted molar refractivity (Wildman–Crippen MR) is 87.3 cm³/mol. The van der Waals surface area contributed by atoms with Gasteiger partial charge in [0.05, 0.1) is 6.04 Å². The average Bonchev–Trinajstić information content (AvgIpc) is 2.49. The summed E-state index contributed by atoms with van der Waals surface area (Å²) in [5.74, 6) is 0.457. The lowest BCUT2D eigenvalue weighted by atomic mass is 10.1. The summed E-state index contributed by atoms with van der Waals surface area (Å²) in [5.41, 5.74) is 1.05. The van der Waals surface area contributed by atoms with Gasteiger partial charge in [-0.2, -0.15) is 0 Å². The maximum Gasteiger partial charge on any atom is 0.222 e. The Balaban J connectivity index is 2.34. The molecule has 0 radical (unpaired) electrons. The molecular weight excluding hydrogens is 262 g/mol. The summed E-state index contributed by atoms with van der Waals surface area (Å²) in [5, 5.41) is 9.31. The van der Waals surface area contributed by atoms with Crippen molar-refractivity contribution in [3.8, 4) is 5.75 Å². The molecule has 3 heteroatoms. The van der Waals surface area contributed by atoms with E-state index in [0.717, 1.165) is 18.4 Å². The molecule has 1 aromatic carbocycles. The number of nitrogens with zero attached hydrogens (tertiary/aromatic N) is 1. The second-order valence-electron chi connectivity index (χ2n) is 5.79. The van der Waals surface area contributed by atoms with E-state index < -0.39 is 0 Å². The van der Waals surface area contributed by atoms with Crippen molar-refractivity contribution < 1.29 is 9.90 Å². The van der Waals surface area contributed by atoms with E-state index in [-0.39, 0.29) is 17.7 Å². The highest BCUT2D eigenvalue weighted by Gasteiger charge is 2.16. The fourth-order valence-corrected chi connectivity index (χ4v) is 2.43. The average molecular weight is 291 g/mol. The summed E-state index contributed by atoms with van der Waals surface area (Å²) >= 11 is 0. The Morgan fingerprint density at radius 1 is 1.10 bits per heavy atom. The van der Waals surface area contributed by atoms with E-state index in [1.165, 1.54) is 25.7 Å². The molecule has 118 valence electrons. The van der Waals surface area contributed by atoms with E-state index >= 15 is 0 Å². The van der Waals surface area contributed by atoms with Crippen LogP contribution in [-0.2, 0) is 4.79 Å². The number of aromatic hydroxyl groups is 1. The molecule has 3 nitrogen and oxygen atoms in total. The zero-order valence-corrected chi connectivity index (χ0v) is 13.6. The number of amides is 1. The van der Waals surface area contributed by atoms with Gasteiger partial charge in [-0.05, 0) is 31.0 Å². The minimum Gasteiger partial charge on any atom is -0.508 e. The molecule has 1 rings (SSSR count). The van der Waals surface area contributed by atoms with Crippen LogP contribution >= 0.6 is 0 Å². The van der Waals surface area contributed by atoms with Crippen molar-refractivity contribution in [2.24, 2.45) is 0 Å². The van der Waals surface area contributed by atoms with Gasteiger partial charge >= 0.3 is 0 Å². The molecule has 0 aliphatic carbocycles. The maximum absolute atomic E-state index is 12.2. The van der Waals surface area contributed by atoms with Gasteiger partial charge in [-0.3, -0.25) is 4.79 Å². The molecule has 1 amide bonds. The molecule has 0 saturated carbocycles. The third-order valence-corrected chi connectivity index (χ3v) is 4.09. The van der Waals surface area contributed by atoms with Crippen molar-refractivity contribution >= 4 is 5.91 Å². The van der Waals surface area contributed by atoms with E-state index in [9.17, 15) is 9.90 Å². The van der Waals surface area contributed by atoms with Crippen LogP contribution < -0.4 is 0 Å². The van der Waals surface area contributed by atoms with Crippen LogP contribution in [0.3, 0.4) is 0 Å². The summed E-state index contributed by atoms with van der Waals surface area (Å²) < 4.78 is 0. The Kier molecular flexibility index (Phi) is 7.88. The minimum atomic E-state index is 0.0400. The standard InChI is InChI=1S/C18H29NO2/c1-4-5-6-7-8-9-10-18(21)19(3)15(2)16-11-13-17(20)14-12-16/h11-15,20H,4-10H2,1-3H3. The molecule has 0 heterocycles. The highest BCUT2D eigenvalue weighted by Crippen LogP contribution is 2.22. The first-order chi connectivity index (χ1) is 10.1. The van der Waals surface area contributed by atoms with Crippen LogP contribution in [0, 0.1) is 0 Å². The largest absolute Gasteiger partial charge is 0.508 e. The highest BCUT2D eigenvalue weighted by molar-refractivity contribution is 5.76. The van der Waals surface area contributed by atoms with Crippen LogP contribution in [0.4, 0.5) is 0 Å². The SMILES string of the molecule is CCCCCCCCC(=O)N(C)C(C)c1ccc(O)cc1. The maximum atomic E-state index is 12.2. The van der Waals surface area contributed by atoms with Crippen molar-refractivity contribution in [3.63, 3.8) is 0 Å². The second kappa shape index (κ2) is 9.43. The Morgan fingerprint density at radius 3 is 2.29 bits per heavy atom. The molecule has 0 aliphatic rings. The van der Waals surface area contributed by atoms with Crippen molar-refractivity contribution in [2.45, 2.75) is 64.8 Å². The second-order valence-corrected chi connectivity index (χ2v) is 5.79. The zero-order valence-electron chi connectivity index (χ0n) is 13.6. The molecule has 1 N–H and O–H groups in total. The monoisotopic (exact) mass is 291 g/mol. The number of carbonyl (C=O) groups excluding carboxylic acids is 1. The Labute approximate surface area is 129 Å². The summed E-state index contributed by atoms with van der Waals surface area (Å²) in [6.45, 7) is 4.23. The third-order valence-electron chi connectivity index (χ3n) is 4.09. The van der Waals surface area contributed by atoms with E-state index in [4.69, 9.17) is 0 Å². The van der Waals surface area contributed by atoms with Gasteiger partial charge < -0.3 is 10.0 Å². The van der Waals surface area contributed by atoms with Crippen LogP contribution in [0.25, 0.3) is 0 Å². The molecule has 0 aromatic heterocycles. The number of rotatable bonds is 9. The van der Waals surface area contributed by atoms with Gasteiger partial charge in [-0.15, -0.1) is 0 Å². The topological polar surface area (TPSA) is 40.5 Å². The van der Waals surface area contributed by atoms with Gasteiger partial charge in [0.2, 0.25) is 5.91 Å². The first-order valence-electron chi connectivity index (χ1n) is 8.10. The van der Waals surface area contributed by atoms with Gasteiger partial charge in [0.25, 0.3) is 0 Å². The molecule has 0 fully saturated rings. The Hall–Kier alpha value is -1.51. The Bertz CT molecular complexity index is 414. The van der Waals surface area contributed by atoms with Crippen molar-refractivity contribution in [2.75, 3.05) is 7.05 Å². The molecule has 0 spiro atoms. The molecular formula is C18H29NO2. The number of carbonyl (C=O) groups is 1. The summed E-state index contributed by atoms with van der Waals surface area (Å²) in [7, 11) is 1.86. The normalized spacial score (nSPS) is 12.1. The van der Waals surface area contributed by atoms with Gasteiger partial charge in [-0.25, -0.2) is 0 Å². The zero-order chi connectivity index (χ0) is 15.7. The fraction of sp³-hybridized carbons (Fsp3) is 0.611. The molecule has 1 unspecified atom stereocenters. The lowest BCUT2D eigenvalue weighted by Crippen LogP contribution is -2.29. The first-order valence-corrected chi connectivity index (χ1v) is 8.10. The molecule has 0 bridgehead atoms. The quantitative estimate of drug-likeness (QED) is 0.672. The molecule has 1 aromatic rings. The van der Waals surface area contributed by atoms with Gasteiger partial charge in [0.15, 0.2) is 0 Å². The van der Waals surface area contributed by atoms with Crippen molar-refractivity contribution in [1.82, 2.24) is 4.90 Å².